The second kappa shape index (κ2) is 7.12. The van der Waals surface area contributed by atoms with E-state index in [1.165, 1.54) is 36.4 Å². The van der Waals surface area contributed by atoms with Gasteiger partial charge in [-0.1, -0.05) is 30.3 Å². The van der Waals surface area contributed by atoms with Crippen molar-refractivity contribution in [2.24, 2.45) is 5.92 Å². The molecule has 2 saturated heterocycles. The molecule has 4 atom stereocenters. The van der Waals surface area contributed by atoms with Crippen LogP contribution in [0.1, 0.15) is 35.1 Å². The van der Waals surface area contributed by atoms with E-state index in [0.29, 0.717) is 5.56 Å². The Morgan fingerprint density at radius 1 is 1.10 bits per heavy atom. The number of hydrogen-bond acceptors (Lipinski definition) is 6. The summed E-state index contributed by atoms with van der Waals surface area (Å²) >= 11 is 0. The van der Waals surface area contributed by atoms with Crippen LogP contribution in [0.25, 0.3) is 0 Å². The summed E-state index contributed by atoms with van der Waals surface area (Å²) in [7, 11) is 0. The molecule has 0 saturated carbocycles. The lowest BCUT2D eigenvalue weighted by Gasteiger charge is -2.36. The lowest BCUT2D eigenvalue weighted by atomic mass is 9.74. The molecule has 4 rings (SSSR count). The number of ether oxygens (including phenoxy) is 1. The van der Waals surface area contributed by atoms with Gasteiger partial charge in [0.2, 0.25) is 0 Å². The van der Waals surface area contributed by atoms with Crippen LogP contribution in [-0.4, -0.2) is 17.1 Å². The van der Waals surface area contributed by atoms with Crippen LogP contribution in [0.2, 0.25) is 0 Å². The number of carbonyl (C=O) groups is 1. The zero-order chi connectivity index (χ0) is 20.8. The molecule has 2 aliphatic rings. The van der Waals surface area contributed by atoms with Crippen LogP contribution >= 0.6 is 0 Å². The van der Waals surface area contributed by atoms with Crippen LogP contribution in [0.5, 0.6) is 0 Å². The number of carbonyl (C=O) groups excluding carboxylic acids is 1. The fourth-order valence-corrected chi connectivity index (χ4v) is 4.13. The van der Waals surface area contributed by atoms with E-state index >= 15 is 0 Å². The third kappa shape index (κ3) is 3.56. The number of nitro benzene ring substituents is 1. The van der Waals surface area contributed by atoms with E-state index in [-0.39, 0.29) is 17.7 Å². The summed E-state index contributed by atoms with van der Waals surface area (Å²) in [4.78, 5) is 22.6. The van der Waals surface area contributed by atoms with Crippen molar-refractivity contribution >= 4 is 11.7 Å². The average molecular weight is 407 g/mol. The van der Waals surface area contributed by atoms with Crippen molar-refractivity contribution in [3.05, 3.63) is 75.3 Å². The van der Waals surface area contributed by atoms with Gasteiger partial charge in [0.05, 0.1) is 22.9 Å². The summed E-state index contributed by atoms with van der Waals surface area (Å²) in [5.74, 6) is -1.98. The normalized spacial score (nSPS) is 26.7. The van der Waals surface area contributed by atoms with E-state index in [1.807, 2.05) is 0 Å². The van der Waals surface area contributed by atoms with Crippen molar-refractivity contribution in [3.8, 4) is 0 Å². The number of hydrazine groups is 1. The molecular formula is C19H16F3N3O4. The molecule has 0 aliphatic carbocycles. The number of fused-ring (bicyclic) bond motifs is 1. The fraction of sp³-hybridized carbons (Fsp3) is 0.316. The third-order valence-corrected chi connectivity index (χ3v) is 5.33. The molecule has 7 nitrogen and oxygen atoms in total. The van der Waals surface area contributed by atoms with Crippen molar-refractivity contribution in [3.63, 3.8) is 0 Å². The molecule has 2 heterocycles. The van der Waals surface area contributed by atoms with Crippen LogP contribution in [0.3, 0.4) is 0 Å². The Kier molecular flexibility index (Phi) is 4.75. The molecule has 2 N–H and O–H groups in total. The Morgan fingerprint density at radius 3 is 2.59 bits per heavy atom. The molecule has 2 fully saturated rings. The number of hydrogen-bond donors (Lipinski definition) is 2. The molecule has 2 aromatic rings. The fourth-order valence-electron chi connectivity index (χ4n) is 4.13. The van der Waals surface area contributed by atoms with Crippen LogP contribution in [-0.2, 0) is 15.7 Å². The first-order chi connectivity index (χ1) is 13.8. The predicted octanol–water partition coefficient (Wildman–Crippen LogP) is 3.44. The van der Waals surface area contributed by atoms with E-state index in [0.717, 1.165) is 6.07 Å². The van der Waals surface area contributed by atoms with E-state index in [2.05, 4.69) is 10.9 Å². The number of non-ortho nitro benzene ring substituents is 1. The Morgan fingerprint density at radius 2 is 1.86 bits per heavy atom. The number of esters is 1. The first kappa shape index (κ1) is 19.3. The van der Waals surface area contributed by atoms with Gasteiger partial charge in [-0.2, -0.15) is 13.2 Å². The molecule has 0 amide bonds. The van der Waals surface area contributed by atoms with Crippen LogP contribution < -0.4 is 10.9 Å². The molecule has 4 unspecified atom stereocenters. The van der Waals surface area contributed by atoms with Crippen LogP contribution in [0, 0.1) is 16.0 Å². The molecule has 29 heavy (non-hydrogen) atoms. The highest BCUT2D eigenvalue weighted by atomic mass is 19.4. The van der Waals surface area contributed by atoms with Crippen molar-refractivity contribution in [2.45, 2.75) is 30.8 Å². The predicted molar refractivity (Wildman–Crippen MR) is 94.3 cm³/mol. The Hall–Kier alpha value is -2.98. The lowest BCUT2D eigenvalue weighted by Crippen LogP contribution is -2.42. The quantitative estimate of drug-likeness (QED) is 0.460. The van der Waals surface area contributed by atoms with Gasteiger partial charge in [-0.25, -0.2) is 10.9 Å². The minimum Gasteiger partial charge on any atom is -0.445 e. The van der Waals surface area contributed by atoms with Gasteiger partial charge in [-0.05, 0) is 17.2 Å². The van der Waals surface area contributed by atoms with Gasteiger partial charge < -0.3 is 4.74 Å². The van der Waals surface area contributed by atoms with Gasteiger partial charge in [0.15, 0.2) is 6.23 Å². The number of benzene rings is 2. The second-order valence-electron chi connectivity index (χ2n) is 7.00. The number of alkyl halides is 3. The Labute approximate surface area is 163 Å². The molecular weight excluding hydrogens is 391 g/mol. The summed E-state index contributed by atoms with van der Waals surface area (Å²) in [6.07, 6.45) is -5.65. The minimum atomic E-state index is -4.58. The molecule has 0 radical (unpaired) electrons. The monoisotopic (exact) mass is 407 g/mol. The number of nitro groups is 1. The molecule has 2 aromatic carbocycles. The maximum absolute atomic E-state index is 13.6. The molecule has 152 valence electrons. The molecule has 0 spiro atoms. The van der Waals surface area contributed by atoms with Crippen LogP contribution in [0.4, 0.5) is 18.9 Å². The highest BCUT2D eigenvalue weighted by molar-refractivity contribution is 5.72. The summed E-state index contributed by atoms with van der Waals surface area (Å²) in [5.41, 5.74) is 5.32. The van der Waals surface area contributed by atoms with Gasteiger partial charge in [-0.15, -0.1) is 0 Å². The smallest absolute Gasteiger partial charge is 0.416 e. The van der Waals surface area contributed by atoms with Gasteiger partial charge in [0.25, 0.3) is 5.69 Å². The maximum Gasteiger partial charge on any atom is 0.416 e. The van der Waals surface area contributed by atoms with E-state index < -0.39 is 46.7 Å². The SMILES string of the molecule is O=C1CC(c2ccccc2C(F)(F)F)C2C(NNC2c2cccc([N+](=O)[O-])c2)O1. The van der Waals surface area contributed by atoms with Crippen molar-refractivity contribution in [1.29, 1.82) is 0 Å². The summed E-state index contributed by atoms with van der Waals surface area (Å²) in [5, 5.41) is 11.1. The lowest BCUT2D eigenvalue weighted by molar-refractivity contribution is -0.384. The molecule has 0 bridgehead atoms. The molecule has 10 heteroatoms. The largest absolute Gasteiger partial charge is 0.445 e. The van der Waals surface area contributed by atoms with Crippen molar-refractivity contribution < 1.29 is 27.6 Å². The highest BCUT2D eigenvalue weighted by Crippen LogP contribution is 2.48. The topological polar surface area (TPSA) is 93.5 Å². The Bertz CT molecular complexity index is 966. The molecule has 0 aromatic heterocycles. The number of halogens is 3. The molecule has 2 aliphatic heterocycles. The highest BCUT2D eigenvalue weighted by Gasteiger charge is 2.50. The van der Waals surface area contributed by atoms with Gasteiger partial charge in [-0.3, -0.25) is 14.9 Å². The maximum atomic E-state index is 13.6. The number of rotatable bonds is 3. The number of nitrogens with one attached hydrogen (secondary N) is 2. The third-order valence-electron chi connectivity index (χ3n) is 5.33. The summed E-state index contributed by atoms with van der Waals surface area (Å²) in [6.45, 7) is 0. The zero-order valence-electron chi connectivity index (χ0n) is 14.8. The zero-order valence-corrected chi connectivity index (χ0v) is 14.8. The van der Waals surface area contributed by atoms with Gasteiger partial charge in [0, 0.05) is 24.0 Å². The first-order valence-corrected chi connectivity index (χ1v) is 8.86. The average Bonchev–Trinajstić information content (AvgIpc) is 3.10. The van der Waals surface area contributed by atoms with Gasteiger partial charge >= 0.3 is 12.1 Å². The van der Waals surface area contributed by atoms with Crippen LogP contribution in [0.15, 0.2) is 48.5 Å². The minimum absolute atomic E-state index is 0.00702. The van der Waals surface area contributed by atoms with E-state index in [4.69, 9.17) is 4.74 Å². The summed E-state index contributed by atoms with van der Waals surface area (Å²) in [6, 6.07) is 10.4. The number of nitrogens with zero attached hydrogens (tertiary/aromatic N) is 1. The van der Waals surface area contributed by atoms with Gasteiger partial charge in [0.1, 0.15) is 0 Å². The van der Waals surface area contributed by atoms with Crippen molar-refractivity contribution in [2.75, 3.05) is 0 Å². The first-order valence-electron chi connectivity index (χ1n) is 8.86. The van der Waals surface area contributed by atoms with Crippen molar-refractivity contribution in [1.82, 2.24) is 10.9 Å². The second-order valence-corrected chi connectivity index (χ2v) is 7.00. The Balaban J connectivity index is 1.78. The van der Waals surface area contributed by atoms with E-state index in [9.17, 15) is 28.1 Å². The van der Waals surface area contributed by atoms with E-state index in [1.54, 1.807) is 6.07 Å². The summed E-state index contributed by atoms with van der Waals surface area (Å²) < 4.78 is 46.0. The standard InChI is InChI=1S/C19H16F3N3O4/c20-19(21,22)14-7-2-1-6-12(14)13-9-15(26)29-18-16(13)17(23-24-18)10-4-3-5-11(8-10)25(27)28/h1-8,13,16-18,23-24H,9H2.